The summed E-state index contributed by atoms with van der Waals surface area (Å²) in [5, 5.41) is 8.76. The molecule has 1 heterocycles. The smallest absolute Gasteiger partial charge is 0.341 e. The third-order valence-corrected chi connectivity index (χ3v) is 5.82. The number of ether oxygens (including phenoxy) is 1. The number of nitrogens with zero attached hydrogens (tertiary/aromatic N) is 1. The molecule has 3 aliphatic rings. The maximum atomic E-state index is 12.9. The molecule has 0 radical (unpaired) electrons. The van der Waals surface area contributed by atoms with Gasteiger partial charge in [0.15, 0.2) is 18.2 Å². The summed E-state index contributed by atoms with van der Waals surface area (Å²) in [7, 11) is 1.97. The third kappa shape index (κ3) is 3.13. The maximum Gasteiger partial charge on any atom is 0.341 e. The van der Waals surface area contributed by atoms with E-state index in [1.54, 1.807) is 12.1 Å². The molecule has 6 heteroatoms. The Labute approximate surface area is 163 Å². The van der Waals surface area contributed by atoms with Crippen molar-refractivity contribution in [3.05, 3.63) is 52.4 Å². The predicted molar refractivity (Wildman–Crippen MR) is 102 cm³/mol. The lowest BCUT2D eigenvalue weighted by Crippen LogP contribution is -2.37. The van der Waals surface area contributed by atoms with Crippen LogP contribution >= 0.6 is 0 Å². The van der Waals surface area contributed by atoms with Crippen molar-refractivity contribution in [2.75, 3.05) is 13.7 Å². The number of rotatable bonds is 4. The van der Waals surface area contributed by atoms with Crippen molar-refractivity contribution >= 4 is 17.5 Å². The second kappa shape index (κ2) is 7.26. The fourth-order valence-electron chi connectivity index (χ4n) is 4.59. The van der Waals surface area contributed by atoms with Crippen molar-refractivity contribution < 1.29 is 24.2 Å². The van der Waals surface area contributed by atoms with Gasteiger partial charge in [-0.2, -0.15) is 0 Å². The highest BCUT2D eigenvalue weighted by molar-refractivity contribution is 6.06. The van der Waals surface area contributed by atoms with Crippen LogP contribution in [0.3, 0.4) is 0 Å². The zero-order chi connectivity index (χ0) is 19.8. The van der Waals surface area contributed by atoms with Gasteiger partial charge in [0.25, 0.3) is 0 Å². The monoisotopic (exact) mass is 381 g/mol. The number of aliphatic carboxylic acids is 1. The summed E-state index contributed by atoms with van der Waals surface area (Å²) in [4.78, 5) is 38.5. The van der Waals surface area contributed by atoms with E-state index in [1.165, 1.54) is 0 Å². The molecule has 146 valence electrons. The van der Waals surface area contributed by atoms with Crippen LogP contribution in [0, 0.1) is 0 Å². The van der Waals surface area contributed by atoms with Crippen LogP contribution in [-0.2, 0) is 14.4 Å². The molecular weight excluding hydrogens is 358 g/mol. The average Bonchev–Trinajstić information content (AvgIpc) is 2.68. The van der Waals surface area contributed by atoms with Crippen LogP contribution < -0.4 is 4.74 Å². The summed E-state index contributed by atoms with van der Waals surface area (Å²) < 4.78 is 5.22. The Kier molecular flexibility index (Phi) is 4.79. The first-order chi connectivity index (χ1) is 13.5. The molecule has 0 bridgehead atoms. The van der Waals surface area contributed by atoms with Crippen molar-refractivity contribution in [2.24, 2.45) is 0 Å². The molecule has 0 amide bonds. The number of Topliss-reactive ketones (excluding diaryl/α,β-unsaturated/α-hetero) is 2. The van der Waals surface area contributed by atoms with Gasteiger partial charge in [-0.05, 0) is 43.4 Å². The molecule has 0 saturated heterocycles. The Morgan fingerprint density at radius 1 is 1.00 bits per heavy atom. The van der Waals surface area contributed by atoms with Crippen molar-refractivity contribution in [2.45, 2.75) is 44.4 Å². The largest absolute Gasteiger partial charge is 0.482 e. The number of carbonyl (C=O) groups is 3. The SMILES string of the molecule is CN1C2=C(C(=O)CCC2)C(c2ccc(OCC(=O)O)cc2)C2=C1CCCC2=O. The van der Waals surface area contributed by atoms with Crippen LogP contribution in [-0.4, -0.2) is 41.2 Å². The topological polar surface area (TPSA) is 83.9 Å². The number of hydrogen-bond donors (Lipinski definition) is 1. The van der Waals surface area contributed by atoms with E-state index >= 15 is 0 Å². The molecule has 1 N–H and O–H groups in total. The molecule has 0 atom stereocenters. The lowest BCUT2D eigenvalue weighted by molar-refractivity contribution is -0.139. The molecule has 0 aromatic heterocycles. The first kappa shape index (κ1) is 18.5. The van der Waals surface area contributed by atoms with Crippen LogP contribution in [0.25, 0.3) is 0 Å². The number of carboxylic acid groups (broad SMARTS) is 1. The summed E-state index contributed by atoms with van der Waals surface area (Å²) in [6.07, 6.45) is 4.40. The summed E-state index contributed by atoms with van der Waals surface area (Å²) in [5.41, 5.74) is 4.46. The van der Waals surface area contributed by atoms with E-state index in [-0.39, 0.29) is 17.5 Å². The molecule has 2 aliphatic carbocycles. The van der Waals surface area contributed by atoms with E-state index in [2.05, 4.69) is 4.90 Å². The number of hydrogen-bond acceptors (Lipinski definition) is 5. The highest BCUT2D eigenvalue weighted by Gasteiger charge is 2.42. The number of benzene rings is 1. The van der Waals surface area contributed by atoms with Gasteiger partial charge in [0, 0.05) is 48.3 Å². The number of carbonyl (C=O) groups excluding carboxylic acids is 2. The summed E-state index contributed by atoms with van der Waals surface area (Å²) in [6, 6.07) is 7.09. The van der Waals surface area contributed by atoms with Crippen LogP contribution in [0.1, 0.15) is 50.0 Å². The molecule has 1 aliphatic heterocycles. The Balaban J connectivity index is 1.78. The first-order valence-corrected chi connectivity index (χ1v) is 9.68. The fraction of sp³-hybridized carbons (Fsp3) is 0.409. The van der Waals surface area contributed by atoms with Gasteiger partial charge in [0.05, 0.1) is 0 Å². The number of allylic oxidation sites excluding steroid dienone is 4. The lowest BCUT2D eigenvalue weighted by Gasteiger charge is -2.42. The molecular formula is C22H23NO5. The van der Waals surface area contributed by atoms with Gasteiger partial charge >= 0.3 is 5.97 Å². The van der Waals surface area contributed by atoms with Gasteiger partial charge in [-0.15, -0.1) is 0 Å². The Morgan fingerprint density at radius 3 is 2.04 bits per heavy atom. The van der Waals surface area contributed by atoms with Gasteiger partial charge in [-0.1, -0.05) is 12.1 Å². The molecule has 1 aromatic carbocycles. The predicted octanol–water partition coefficient (Wildman–Crippen LogP) is 3.19. The second-order valence-corrected chi connectivity index (χ2v) is 7.52. The summed E-state index contributed by atoms with van der Waals surface area (Å²) in [6.45, 7) is -0.408. The van der Waals surface area contributed by atoms with Crippen molar-refractivity contribution in [1.82, 2.24) is 4.90 Å². The minimum atomic E-state index is -1.04. The molecule has 28 heavy (non-hydrogen) atoms. The fourth-order valence-corrected chi connectivity index (χ4v) is 4.59. The molecule has 0 spiro atoms. The standard InChI is InChI=1S/C22H23NO5/c1-23-15-4-2-6-17(24)21(15)20(22-16(23)5-3-7-18(22)25)13-8-10-14(11-9-13)28-12-19(26)27/h8-11,20H,2-7,12H2,1H3,(H,26,27). The maximum absolute atomic E-state index is 12.9. The quantitative estimate of drug-likeness (QED) is 0.862. The average molecular weight is 381 g/mol. The highest BCUT2D eigenvalue weighted by atomic mass is 16.5. The molecule has 1 aromatic rings. The minimum absolute atomic E-state index is 0.120. The van der Waals surface area contributed by atoms with Crippen LogP contribution in [0.2, 0.25) is 0 Å². The zero-order valence-electron chi connectivity index (χ0n) is 15.9. The van der Waals surface area contributed by atoms with Crippen molar-refractivity contribution in [1.29, 1.82) is 0 Å². The van der Waals surface area contributed by atoms with Gasteiger partial charge in [-0.3, -0.25) is 9.59 Å². The van der Waals surface area contributed by atoms with E-state index < -0.39 is 12.6 Å². The zero-order valence-corrected chi connectivity index (χ0v) is 15.9. The van der Waals surface area contributed by atoms with E-state index in [4.69, 9.17) is 9.84 Å². The first-order valence-electron chi connectivity index (χ1n) is 9.68. The Morgan fingerprint density at radius 2 is 1.54 bits per heavy atom. The van der Waals surface area contributed by atoms with Crippen molar-refractivity contribution in [3.8, 4) is 5.75 Å². The van der Waals surface area contributed by atoms with Crippen molar-refractivity contribution in [3.63, 3.8) is 0 Å². The summed E-state index contributed by atoms with van der Waals surface area (Å²) in [5.74, 6) is -0.684. The normalized spacial score (nSPS) is 20.2. The Bertz CT molecular complexity index is 865. The minimum Gasteiger partial charge on any atom is -0.482 e. The third-order valence-electron chi connectivity index (χ3n) is 5.82. The van der Waals surface area contributed by atoms with Gasteiger partial charge in [0.1, 0.15) is 5.75 Å². The molecule has 0 unspecified atom stereocenters. The van der Waals surface area contributed by atoms with E-state index in [0.29, 0.717) is 18.6 Å². The molecule has 4 rings (SSSR count). The van der Waals surface area contributed by atoms with Gasteiger partial charge < -0.3 is 14.7 Å². The molecule has 0 fully saturated rings. The van der Waals surface area contributed by atoms with E-state index in [9.17, 15) is 14.4 Å². The number of carboxylic acids is 1. The lowest BCUT2D eigenvalue weighted by atomic mass is 9.71. The summed E-state index contributed by atoms with van der Waals surface area (Å²) >= 11 is 0. The van der Waals surface area contributed by atoms with Crippen LogP contribution in [0.15, 0.2) is 46.8 Å². The molecule has 6 nitrogen and oxygen atoms in total. The van der Waals surface area contributed by atoms with Gasteiger partial charge in [-0.25, -0.2) is 4.79 Å². The Hall–Kier alpha value is -2.89. The van der Waals surface area contributed by atoms with E-state index in [0.717, 1.165) is 53.8 Å². The van der Waals surface area contributed by atoms with Crippen LogP contribution in [0.4, 0.5) is 0 Å². The van der Waals surface area contributed by atoms with Gasteiger partial charge in [0.2, 0.25) is 0 Å². The second-order valence-electron chi connectivity index (χ2n) is 7.52. The van der Waals surface area contributed by atoms with E-state index in [1.807, 2.05) is 19.2 Å². The molecule has 0 saturated carbocycles. The number of ketones is 2. The highest BCUT2D eigenvalue weighted by Crippen LogP contribution is 2.48. The van der Waals surface area contributed by atoms with Crippen LogP contribution in [0.5, 0.6) is 5.75 Å².